The average molecular weight is 382 g/mol. The first-order valence-corrected chi connectivity index (χ1v) is 9.89. The molecule has 0 saturated heterocycles. The molecule has 2 N–H and O–H groups in total. The number of nitrogens with two attached hydrogens (primary N) is 1. The number of ether oxygens (including phenoxy) is 4. The van der Waals surface area contributed by atoms with Crippen LogP contribution >= 0.6 is 0 Å². The Kier molecular flexibility index (Phi) is 10.6. The summed E-state index contributed by atoms with van der Waals surface area (Å²) in [5.41, 5.74) is 6.98. The lowest BCUT2D eigenvalue weighted by Crippen LogP contribution is -2.33. The van der Waals surface area contributed by atoms with Crippen molar-refractivity contribution < 1.29 is 23.7 Å². The molecule has 0 radical (unpaired) electrons. The van der Waals surface area contributed by atoms with Gasteiger partial charge < -0.3 is 24.7 Å². The predicted molar refractivity (Wildman–Crippen MR) is 107 cm³/mol. The van der Waals surface area contributed by atoms with Gasteiger partial charge in [-0.2, -0.15) is 0 Å². The molecule has 154 valence electrons. The van der Waals surface area contributed by atoms with Crippen LogP contribution in [-0.2, 0) is 16.0 Å². The second kappa shape index (κ2) is 12.4. The highest BCUT2D eigenvalue weighted by atomic mass is 16.5. The maximum atomic E-state index is 11.6. The molecule has 0 aliphatic heterocycles. The van der Waals surface area contributed by atoms with Gasteiger partial charge in [0.2, 0.25) is 0 Å². The van der Waals surface area contributed by atoms with E-state index in [0.717, 1.165) is 42.1 Å². The van der Waals surface area contributed by atoms with Crippen LogP contribution in [0, 0.1) is 5.92 Å². The summed E-state index contributed by atoms with van der Waals surface area (Å²) in [5.74, 6) is 2.28. The van der Waals surface area contributed by atoms with E-state index in [0.29, 0.717) is 32.2 Å². The molecule has 0 aliphatic carbocycles. The first-order valence-electron chi connectivity index (χ1n) is 9.89. The largest absolute Gasteiger partial charge is 0.494 e. The molecule has 6 nitrogen and oxygen atoms in total. The molecule has 0 spiro atoms. The maximum Gasteiger partial charge on any atom is 0.322 e. The van der Waals surface area contributed by atoms with Gasteiger partial charge in [-0.15, -0.1) is 0 Å². The average Bonchev–Trinajstić information content (AvgIpc) is 2.66. The van der Waals surface area contributed by atoms with Crippen molar-refractivity contribution in [1.29, 1.82) is 0 Å². The highest BCUT2D eigenvalue weighted by molar-refractivity contribution is 5.75. The Balaban J connectivity index is 2.99. The van der Waals surface area contributed by atoms with Gasteiger partial charge in [0.05, 0.1) is 26.9 Å². The first kappa shape index (κ1) is 23.1. The minimum atomic E-state index is -0.585. The van der Waals surface area contributed by atoms with Crippen LogP contribution in [0.3, 0.4) is 0 Å². The number of hydrogen-bond donors (Lipinski definition) is 1. The van der Waals surface area contributed by atoms with Crippen LogP contribution in [0.15, 0.2) is 12.1 Å². The molecule has 0 saturated carbocycles. The van der Waals surface area contributed by atoms with Crippen molar-refractivity contribution in [2.24, 2.45) is 11.7 Å². The van der Waals surface area contributed by atoms with Gasteiger partial charge in [0, 0.05) is 17.7 Å². The van der Waals surface area contributed by atoms with Crippen molar-refractivity contribution >= 4 is 5.97 Å². The van der Waals surface area contributed by atoms with Gasteiger partial charge >= 0.3 is 5.97 Å². The van der Waals surface area contributed by atoms with Crippen molar-refractivity contribution in [3.63, 3.8) is 0 Å². The van der Waals surface area contributed by atoms with Crippen LogP contribution in [0.5, 0.6) is 17.2 Å². The Morgan fingerprint density at radius 1 is 1.00 bits per heavy atom. The number of esters is 1. The number of methoxy groups -OCH3 is 1. The normalized spacial score (nSPS) is 13.0. The highest BCUT2D eigenvalue weighted by Gasteiger charge is 2.21. The van der Waals surface area contributed by atoms with Gasteiger partial charge in [0.15, 0.2) is 0 Å². The lowest BCUT2D eigenvalue weighted by atomic mass is 9.90. The third-order valence-corrected chi connectivity index (χ3v) is 4.52. The molecular weight excluding hydrogens is 346 g/mol. The van der Waals surface area contributed by atoms with E-state index in [2.05, 4.69) is 6.92 Å². The van der Waals surface area contributed by atoms with Crippen LogP contribution in [-0.4, -0.2) is 38.9 Å². The molecule has 0 aliphatic rings. The summed E-state index contributed by atoms with van der Waals surface area (Å²) < 4.78 is 22.1. The zero-order chi connectivity index (χ0) is 20.2. The summed E-state index contributed by atoms with van der Waals surface area (Å²) in [5, 5.41) is 0. The zero-order valence-electron chi connectivity index (χ0n) is 17.4. The number of benzene rings is 1. The molecule has 1 aromatic carbocycles. The fourth-order valence-electron chi connectivity index (χ4n) is 3.10. The molecule has 1 aromatic rings. The van der Waals surface area contributed by atoms with Gasteiger partial charge in [0.1, 0.15) is 23.3 Å². The van der Waals surface area contributed by atoms with E-state index < -0.39 is 6.04 Å². The van der Waals surface area contributed by atoms with E-state index in [1.165, 1.54) is 7.11 Å². The van der Waals surface area contributed by atoms with E-state index in [9.17, 15) is 4.79 Å². The standard InChI is InChI=1S/C21H35NO5/c1-6-15(12-18(22)21(23)24-5)10-11-17-19(26-8-3)13-16(25-7-2)14-20(17)27-9-4/h13-15,18H,6-12,22H2,1-5H3. The van der Waals surface area contributed by atoms with Crippen LogP contribution in [0.25, 0.3) is 0 Å². The summed E-state index contributed by atoms with van der Waals surface area (Å²) in [6.07, 6.45) is 3.21. The Morgan fingerprint density at radius 3 is 2.00 bits per heavy atom. The Hall–Kier alpha value is -1.95. The molecule has 6 heteroatoms. The molecule has 27 heavy (non-hydrogen) atoms. The van der Waals surface area contributed by atoms with Crippen LogP contribution in [0.2, 0.25) is 0 Å². The molecule has 2 unspecified atom stereocenters. The quantitative estimate of drug-likeness (QED) is 0.525. The Bertz CT molecular complexity index is 549. The van der Waals surface area contributed by atoms with E-state index in [1.54, 1.807) is 0 Å². The monoisotopic (exact) mass is 381 g/mol. The van der Waals surface area contributed by atoms with Crippen LogP contribution < -0.4 is 19.9 Å². The number of carbonyl (C=O) groups excluding carboxylic acids is 1. The van der Waals surface area contributed by atoms with Crippen LogP contribution in [0.4, 0.5) is 0 Å². The predicted octanol–water partition coefficient (Wildman–Crippen LogP) is 3.73. The van der Waals surface area contributed by atoms with Crippen molar-refractivity contribution in [2.45, 2.75) is 59.4 Å². The lowest BCUT2D eigenvalue weighted by molar-refractivity contribution is -0.142. The van der Waals surface area contributed by atoms with Crippen molar-refractivity contribution in [3.05, 3.63) is 17.7 Å². The Labute approximate surface area is 163 Å². The molecule has 0 amide bonds. The third-order valence-electron chi connectivity index (χ3n) is 4.52. The smallest absolute Gasteiger partial charge is 0.322 e. The van der Waals surface area contributed by atoms with Gasteiger partial charge in [-0.05, 0) is 46.0 Å². The number of hydrogen-bond acceptors (Lipinski definition) is 6. The Morgan fingerprint density at radius 2 is 1.56 bits per heavy atom. The minimum Gasteiger partial charge on any atom is -0.494 e. The van der Waals surface area contributed by atoms with E-state index in [1.807, 2.05) is 32.9 Å². The second-order valence-corrected chi connectivity index (χ2v) is 6.38. The minimum absolute atomic E-state index is 0.314. The van der Waals surface area contributed by atoms with Gasteiger partial charge in [-0.3, -0.25) is 4.79 Å². The van der Waals surface area contributed by atoms with E-state index >= 15 is 0 Å². The fourth-order valence-corrected chi connectivity index (χ4v) is 3.10. The second-order valence-electron chi connectivity index (χ2n) is 6.38. The van der Waals surface area contributed by atoms with E-state index in [4.69, 9.17) is 24.7 Å². The van der Waals surface area contributed by atoms with Gasteiger partial charge in [-0.1, -0.05) is 13.3 Å². The van der Waals surface area contributed by atoms with Crippen LogP contribution in [0.1, 0.15) is 52.5 Å². The molecule has 1 rings (SSSR count). The van der Waals surface area contributed by atoms with E-state index in [-0.39, 0.29) is 5.97 Å². The molecule has 0 heterocycles. The number of rotatable bonds is 13. The molecule has 0 fully saturated rings. The van der Waals surface area contributed by atoms with Gasteiger partial charge in [0.25, 0.3) is 0 Å². The molecule has 2 atom stereocenters. The van der Waals surface area contributed by atoms with Crippen molar-refractivity contribution in [1.82, 2.24) is 0 Å². The summed E-state index contributed by atoms with van der Waals surface area (Å²) >= 11 is 0. The highest BCUT2D eigenvalue weighted by Crippen LogP contribution is 2.36. The topological polar surface area (TPSA) is 80.0 Å². The summed E-state index contributed by atoms with van der Waals surface area (Å²) in [6, 6.07) is 3.26. The molecule has 0 bridgehead atoms. The number of carbonyl (C=O) groups is 1. The third kappa shape index (κ3) is 7.29. The van der Waals surface area contributed by atoms with Crippen molar-refractivity contribution in [2.75, 3.05) is 26.9 Å². The molecule has 0 aromatic heterocycles. The van der Waals surface area contributed by atoms with Crippen molar-refractivity contribution in [3.8, 4) is 17.2 Å². The zero-order valence-corrected chi connectivity index (χ0v) is 17.4. The summed E-state index contributed by atoms with van der Waals surface area (Å²) in [7, 11) is 1.37. The fraction of sp³-hybridized carbons (Fsp3) is 0.667. The van der Waals surface area contributed by atoms with Gasteiger partial charge in [-0.25, -0.2) is 0 Å². The SMILES string of the molecule is CCOc1cc(OCC)c(CCC(CC)CC(N)C(=O)OC)c(OCC)c1. The lowest BCUT2D eigenvalue weighted by Gasteiger charge is -2.21. The summed E-state index contributed by atoms with van der Waals surface area (Å²) in [4.78, 5) is 11.6. The summed E-state index contributed by atoms with van der Waals surface area (Å²) in [6.45, 7) is 9.70. The maximum absolute atomic E-state index is 11.6. The molecular formula is C21H35NO5. The first-order chi connectivity index (χ1) is 13.0.